The van der Waals surface area contributed by atoms with Crippen molar-refractivity contribution in [2.75, 3.05) is 6.66 Å². The molecule has 1 unspecified atom stereocenters. The minimum atomic E-state index is 0.886. The normalized spacial score (nSPS) is 10.9. The largest absolute Gasteiger partial charge is 0.262 e. The molecule has 0 bridgehead atoms. The van der Waals surface area contributed by atoms with Gasteiger partial charge in [-0.15, -0.1) is 0 Å². The van der Waals surface area contributed by atoms with Gasteiger partial charge in [0.2, 0.25) is 0 Å². The van der Waals surface area contributed by atoms with Crippen LogP contribution in [0.15, 0.2) is 18.3 Å². The summed E-state index contributed by atoms with van der Waals surface area (Å²) < 4.78 is 0. The lowest BCUT2D eigenvalue weighted by Crippen LogP contribution is -1.94. The number of rotatable bonds is 1. The molecule has 1 heterocycles. The predicted molar refractivity (Wildman–Crippen MR) is 42.8 cm³/mol. The third-order valence-electron chi connectivity index (χ3n) is 1.19. The summed E-state index contributed by atoms with van der Waals surface area (Å²) in [6, 6.07) is 4.18. The topological polar surface area (TPSA) is 12.9 Å². The van der Waals surface area contributed by atoms with E-state index in [1.54, 1.807) is 0 Å². The number of hydrogen-bond donors (Lipinski definition) is 0. The summed E-state index contributed by atoms with van der Waals surface area (Å²) in [5.41, 5.74) is 1.11. The first kappa shape index (κ1) is 6.70. The molecule has 48 valence electrons. The Balaban J connectivity index is 2.94. The van der Waals surface area contributed by atoms with Gasteiger partial charge in [0, 0.05) is 11.9 Å². The van der Waals surface area contributed by atoms with Crippen LogP contribution in [0, 0.1) is 6.92 Å². The van der Waals surface area contributed by atoms with E-state index in [1.807, 2.05) is 13.1 Å². The molecule has 0 aliphatic rings. The molecule has 9 heavy (non-hydrogen) atoms. The van der Waals surface area contributed by atoms with E-state index in [9.17, 15) is 0 Å². The maximum Gasteiger partial charge on any atom is 0.0378 e. The lowest BCUT2D eigenvalue weighted by atomic mass is 10.4. The molecule has 0 amide bonds. The fraction of sp³-hybridized carbons (Fsp3) is 0.286. The van der Waals surface area contributed by atoms with Gasteiger partial charge >= 0.3 is 0 Å². The first-order chi connectivity index (χ1) is 4.33. The Morgan fingerprint density at radius 1 is 1.56 bits per heavy atom. The molecule has 0 spiro atoms. The average molecular weight is 139 g/mol. The molecular weight excluding hydrogens is 129 g/mol. The summed E-state index contributed by atoms with van der Waals surface area (Å²) in [6.07, 6.45) is 1.86. The number of aromatic nitrogens is 1. The Labute approximate surface area is 57.3 Å². The van der Waals surface area contributed by atoms with Crippen LogP contribution in [0.5, 0.6) is 0 Å². The molecule has 0 radical (unpaired) electrons. The van der Waals surface area contributed by atoms with Crippen LogP contribution in [-0.2, 0) is 0 Å². The minimum Gasteiger partial charge on any atom is -0.262 e. The van der Waals surface area contributed by atoms with E-state index >= 15 is 0 Å². The molecule has 0 saturated carbocycles. The molecule has 1 aromatic rings. The molecular formula is C7H10NP. The lowest BCUT2D eigenvalue weighted by Gasteiger charge is -1.94. The molecule has 1 rings (SSSR count). The summed E-state index contributed by atoms with van der Waals surface area (Å²) in [4.78, 5) is 4.09. The van der Waals surface area contributed by atoms with E-state index in [2.05, 4.69) is 23.8 Å². The average Bonchev–Trinajstić information content (AvgIpc) is 1.88. The van der Waals surface area contributed by atoms with Gasteiger partial charge in [0.05, 0.1) is 0 Å². The van der Waals surface area contributed by atoms with Crippen LogP contribution in [0.1, 0.15) is 5.69 Å². The van der Waals surface area contributed by atoms with Crippen LogP contribution < -0.4 is 5.30 Å². The number of aryl methyl sites for hydroxylation is 1. The standard InChI is InChI=1S/C7H10NP/c1-6-5-7(9-2)3-4-8-6/h3-5,9H,1-2H3. The van der Waals surface area contributed by atoms with Crippen molar-refractivity contribution in [3.8, 4) is 0 Å². The van der Waals surface area contributed by atoms with Gasteiger partial charge in [-0.25, -0.2) is 0 Å². The molecule has 2 heteroatoms. The molecule has 0 fully saturated rings. The maximum absolute atomic E-state index is 4.09. The zero-order valence-corrected chi connectivity index (χ0v) is 6.68. The van der Waals surface area contributed by atoms with Gasteiger partial charge in [-0.2, -0.15) is 0 Å². The second kappa shape index (κ2) is 2.93. The molecule has 1 nitrogen and oxygen atoms in total. The number of hydrogen-bond acceptors (Lipinski definition) is 1. The summed E-state index contributed by atoms with van der Waals surface area (Å²) in [5.74, 6) is 0. The van der Waals surface area contributed by atoms with Crippen molar-refractivity contribution in [2.45, 2.75) is 6.92 Å². The van der Waals surface area contributed by atoms with Gasteiger partial charge < -0.3 is 0 Å². The van der Waals surface area contributed by atoms with Gasteiger partial charge in [-0.3, -0.25) is 4.98 Å². The maximum atomic E-state index is 4.09. The summed E-state index contributed by atoms with van der Waals surface area (Å²) in [7, 11) is 0.886. The van der Waals surface area contributed by atoms with E-state index in [0.717, 1.165) is 14.3 Å². The zero-order chi connectivity index (χ0) is 6.69. The third kappa shape index (κ3) is 1.76. The van der Waals surface area contributed by atoms with E-state index < -0.39 is 0 Å². The molecule has 0 N–H and O–H groups in total. The van der Waals surface area contributed by atoms with Crippen LogP contribution in [0.2, 0.25) is 0 Å². The fourth-order valence-electron chi connectivity index (χ4n) is 0.701. The Kier molecular flexibility index (Phi) is 2.18. The second-order valence-corrected chi connectivity index (χ2v) is 3.01. The Hall–Kier alpha value is -0.420. The monoisotopic (exact) mass is 139 g/mol. The minimum absolute atomic E-state index is 0.886. The highest BCUT2D eigenvalue weighted by molar-refractivity contribution is 7.46. The quantitative estimate of drug-likeness (QED) is 0.535. The SMILES string of the molecule is CPc1ccnc(C)c1. The highest BCUT2D eigenvalue weighted by atomic mass is 31.1. The first-order valence-electron chi connectivity index (χ1n) is 2.93. The number of pyridine rings is 1. The molecule has 0 aliphatic heterocycles. The first-order valence-corrected chi connectivity index (χ1v) is 4.43. The zero-order valence-electron chi connectivity index (χ0n) is 5.68. The van der Waals surface area contributed by atoms with E-state index in [0.29, 0.717) is 0 Å². The number of nitrogens with zero attached hydrogens (tertiary/aromatic N) is 1. The fourth-order valence-corrected chi connectivity index (χ4v) is 1.30. The van der Waals surface area contributed by atoms with Gasteiger partial charge in [0.1, 0.15) is 0 Å². The van der Waals surface area contributed by atoms with Crippen molar-refractivity contribution in [3.05, 3.63) is 24.0 Å². The Morgan fingerprint density at radius 3 is 2.78 bits per heavy atom. The lowest BCUT2D eigenvalue weighted by molar-refractivity contribution is 1.21. The van der Waals surface area contributed by atoms with Crippen molar-refractivity contribution >= 4 is 13.9 Å². The Morgan fingerprint density at radius 2 is 2.33 bits per heavy atom. The molecule has 1 atom stereocenters. The van der Waals surface area contributed by atoms with E-state index in [-0.39, 0.29) is 0 Å². The Bertz CT molecular complexity index is 198. The van der Waals surface area contributed by atoms with Crippen LogP contribution in [0.4, 0.5) is 0 Å². The van der Waals surface area contributed by atoms with Crippen molar-refractivity contribution in [2.24, 2.45) is 0 Å². The van der Waals surface area contributed by atoms with E-state index in [4.69, 9.17) is 0 Å². The van der Waals surface area contributed by atoms with Crippen molar-refractivity contribution < 1.29 is 0 Å². The summed E-state index contributed by atoms with van der Waals surface area (Å²) in [5, 5.41) is 1.39. The van der Waals surface area contributed by atoms with Crippen molar-refractivity contribution in [1.82, 2.24) is 4.98 Å². The van der Waals surface area contributed by atoms with Crippen LogP contribution in [0.25, 0.3) is 0 Å². The summed E-state index contributed by atoms with van der Waals surface area (Å²) in [6.45, 7) is 4.19. The van der Waals surface area contributed by atoms with Gasteiger partial charge in [0.25, 0.3) is 0 Å². The second-order valence-electron chi connectivity index (χ2n) is 1.94. The predicted octanol–water partition coefficient (Wildman–Crippen LogP) is 1.32. The van der Waals surface area contributed by atoms with E-state index in [1.165, 1.54) is 5.30 Å². The third-order valence-corrected chi connectivity index (χ3v) is 2.07. The molecule has 0 aromatic carbocycles. The van der Waals surface area contributed by atoms with Crippen molar-refractivity contribution in [1.29, 1.82) is 0 Å². The van der Waals surface area contributed by atoms with Gasteiger partial charge in [-0.05, 0) is 31.0 Å². The summed E-state index contributed by atoms with van der Waals surface area (Å²) >= 11 is 0. The highest BCUT2D eigenvalue weighted by Gasteiger charge is 1.86. The smallest absolute Gasteiger partial charge is 0.0378 e. The van der Waals surface area contributed by atoms with Crippen LogP contribution in [0.3, 0.4) is 0 Å². The van der Waals surface area contributed by atoms with Gasteiger partial charge in [-0.1, -0.05) is 8.58 Å². The van der Waals surface area contributed by atoms with Crippen LogP contribution in [-0.4, -0.2) is 11.6 Å². The molecule has 1 aromatic heterocycles. The molecule has 0 aliphatic carbocycles. The van der Waals surface area contributed by atoms with Gasteiger partial charge in [0.15, 0.2) is 0 Å². The van der Waals surface area contributed by atoms with Crippen molar-refractivity contribution in [3.63, 3.8) is 0 Å². The highest BCUT2D eigenvalue weighted by Crippen LogP contribution is 2.02. The molecule has 0 saturated heterocycles. The van der Waals surface area contributed by atoms with Crippen LogP contribution >= 0.6 is 8.58 Å².